The highest BCUT2D eigenvalue weighted by Gasteiger charge is 2.06. The molecule has 2 N–H and O–H groups in total. The molecule has 2 aromatic rings. The molecule has 0 radical (unpaired) electrons. The van der Waals surface area contributed by atoms with E-state index in [2.05, 4.69) is 16.8 Å². The first-order valence-electron chi connectivity index (χ1n) is 6.20. The van der Waals surface area contributed by atoms with Crippen LogP contribution in [0.2, 0.25) is 0 Å². The molecule has 1 heterocycles. The predicted molar refractivity (Wildman–Crippen MR) is 77.4 cm³/mol. The largest absolute Gasteiger partial charge is 0.496 e. The number of hydrogen-bond acceptors (Lipinski definition) is 4. The molecule has 108 valence electrons. The van der Waals surface area contributed by atoms with E-state index in [1.54, 1.807) is 18.2 Å². The Hall–Kier alpha value is -2.78. The third kappa shape index (κ3) is 3.61. The van der Waals surface area contributed by atoms with Crippen LogP contribution in [0.25, 0.3) is 0 Å². The fraction of sp³-hybridized carbons (Fsp3) is 0.200. The molecular formula is C15H14N2O4. The van der Waals surface area contributed by atoms with Crippen LogP contribution < -0.4 is 16.0 Å². The first kappa shape index (κ1) is 14.6. The highest BCUT2D eigenvalue weighted by molar-refractivity contribution is 5.44. The number of ether oxygens (including phenoxy) is 1. The van der Waals surface area contributed by atoms with E-state index in [1.807, 2.05) is 0 Å². The van der Waals surface area contributed by atoms with Gasteiger partial charge in [0.2, 0.25) is 0 Å². The van der Waals surface area contributed by atoms with E-state index >= 15 is 0 Å². The number of rotatable bonds is 3. The fourth-order valence-electron chi connectivity index (χ4n) is 1.87. The maximum atomic E-state index is 11.7. The Morgan fingerprint density at radius 1 is 1.33 bits per heavy atom. The summed E-state index contributed by atoms with van der Waals surface area (Å²) in [5, 5.41) is 8.72. The highest BCUT2D eigenvalue weighted by atomic mass is 16.5. The second-order valence-electron chi connectivity index (χ2n) is 4.22. The molecule has 0 aliphatic carbocycles. The van der Waals surface area contributed by atoms with Gasteiger partial charge in [-0.3, -0.25) is 14.3 Å². The van der Waals surface area contributed by atoms with Crippen LogP contribution in [-0.2, 0) is 6.54 Å². The van der Waals surface area contributed by atoms with E-state index in [-0.39, 0.29) is 13.2 Å². The van der Waals surface area contributed by atoms with Crippen molar-refractivity contribution in [2.24, 2.45) is 0 Å². The van der Waals surface area contributed by atoms with Crippen molar-refractivity contribution in [2.75, 3.05) is 13.7 Å². The summed E-state index contributed by atoms with van der Waals surface area (Å²) in [6.07, 6.45) is 1.42. The van der Waals surface area contributed by atoms with Gasteiger partial charge in [-0.15, -0.1) is 0 Å². The van der Waals surface area contributed by atoms with Crippen molar-refractivity contribution < 1.29 is 9.84 Å². The van der Waals surface area contributed by atoms with Crippen LogP contribution in [0, 0.1) is 11.8 Å². The summed E-state index contributed by atoms with van der Waals surface area (Å²) >= 11 is 0. The minimum absolute atomic E-state index is 0.221. The molecule has 0 unspecified atom stereocenters. The summed E-state index contributed by atoms with van der Waals surface area (Å²) in [4.78, 5) is 25.0. The Labute approximate surface area is 120 Å². The lowest BCUT2D eigenvalue weighted by molar-refractivity contribution is 0.350. The Bertz CT molecular complexity index is 809. The second kappa shape index (κ2) is 6.59. The quantitative estimate of drug-likeness (QED) is 0.774. The second-order valence-corrected chi connectivity index (χ2v) is 4.22. The van der Waals surface area contributed by atoms with Crippen molar-refractivity contribution in [1.29, 1.82) is 0 Å². The third-order valence-corrected chi connectivity index (χ3v) is 2.83. The fourth-order valence-corrected chi connectivity index (χ4v) is 1.87. The van der Waals surface area contributed by atoms with Crippen molar-refractivity contribution >= 4 is 0 Å². The van der Waals surface area contributed by atoms with Gasteiger partial charge >= 0.3 is 5.69 Å². The monoisotopic (exact) mass is 286 g/mol. The van der Waals surface area contributed by atoms with E-state index < -0.39 is 11.2 Å². The normalized spacial score (nSPS) is 9.81. The van der Waals surface area contributed by atoms with Crippen LogP contribution in [0.4, 0.5) is 0 Å². The van der Waals surface area contributed by atoms with Gasteiger partial charge in [0, 0.05) is 23.4 Å². The molecule has 0 aliphatic heterocycles. The van der Waals surface area contributed by atoms with Gasteiger partial charge < -0.3 is 9.84 Å². The van der Waals surface area contributed by atoms with Gasteiger partial charge in [0.05, 0.1) is 13.7 Å². The van der Waals surface area contributed by atoms with Crippen molar-refractivity contribution in [3.63, 3.8) is 0 Å². The highest BCUT2D eigenvalue weighted by Crippen LogP contribution is 2.20. The van der Waals surface area contributed by atoms with E-state index in [1.165, 1.54) is 23.9 Å². The zero-order valence-corrected chi connectivity index (χ0v) is 11.4. The van der Waals surface area contributed by atoms with E-state index in [0.717, 1.165) is 5.56 Å². The van der Waals surface area contributed by atoms with Crippen molar-refractivity contribution in [1.82, 2.24) is 9.55 Å². The molecule has 2 rings (SSSR count). The molecular weight excluding hydrogens is 272 g/mol. The zero-order chi connectivity index (χ0) is 15.2. The SMILES string of the molecule is COc1ccc(C#CCO)cc1Cn1ccc(=O)[nH]c1=O. The average molecular weight is 286 g/mol. The van der Waals surface area contributed by atoms with Crippen LogP contribution >= 0.6 is 0 Å². The zero-order valence-electron chi connectivity index (χ0n) is 11.4. The molecule has 21 heavy (non-hydrogen) atoms. The van der Waals surface area contributed by atoms with Crippen LogP contribution in [0.1, 0.15) is 11.1 Å². The molecule has 1 aromatic carbocycles. The number of nitrogens with zero attached hydrogens (tertiary/aromatic N) is 1. The summed E-state index contributed by atoms with van der Waals surface area (Å²) in [5.41, 5.74) is 0.524. The lowest BCUT2D eigenvalue weighted by Crippen LogP contribution is -2.29. The van der Waals surface area contributed by atoms with Gasteiger partial charge in [-0.1, -0.05) is 11.8 Å². The molecule has 0 spiro atoms. The third-order valence-electron chi connectivity index (χ3n) is 2.83. The molecule has 6 nitrogen and oxygen atoms in total. The van der Waals surface area contributed by atoms with Crippen LogP contribution in [0.3, 0.4) is 0 Å². The van der Waals surface area contributed by atoms with Gasteiger partial charge in [-0.25, -0.2) is 4.79 Å². The van der Waals surface area contributed by atoms with E-state index in [4.69, 9.17) is 9.84 Å². The van der Waals surface area contributed by atoms with Gasteiger partial charge in [0.15, 0.2) is 0 Å². The van der Waals surface area contributed by atoms with Gasteiger partial charge in [0.1, 0.15) is 12.4 Å². The lowest BCUT2D eigenvalue weighted by Gasteiger charge is -2.10. The van der Waals surface area contributed by atoms with Crippen LogP contribution in [0.5, 0.6) is 5.75 Å². The minimum Gasteiger partial charge on any atom is -0.496 e. The van der Waals surface area contributed by atoms with E-state index in [9.17, 15) is 9.59 Å². The standard InChI is InChI=1S/C15H14N2O4/c1-21-13-5-4-11(3-2-8-18)9-12(13)10-17-7-6-14(19)16-15(17)20/h4-7,9,18H,8,10H2,1H3,(H,16,19,20). The molecule has 6 heteroatoms. The van der Waals surface area contributed by atoms with Crippen molar-refractivity contribution in [3.05, 3.63) is 62.4 Å². The smallest absolute Gasteiger partial charge is 0.328 e. The number of nitrogens with one attached hydrogen (secondary N) is 1. The minimum atomic E-state index is -0.489. The number of methoxy groups -OCH3 is 1. The number of aromatic nitrogens is 2. The molecule has 0 amide bonds. The number of aliphatic hydroxyl groups is 1. The van der Waals surface area contributed by atoms with Gasteiger partial charge in [-0.05, 0) is 18.2 Å². The Kier molecular flexibility index (Phi) is 4.59. The maximum Gasteiger partial charge on any atom is 0.328 e. The van der Waals surface area contributed by atoms with Crippen molar-refractivity contribution in [3.8, 4) is 17.6 Å². The number of aromatic amines is 1. The summed E-state index contributed by atoms with van der Waals surface area (Å²) < 4.78 is 6.62. The van der Waals surface area contributed by atoms with Crippen LogP contribution in [0.15, 0.2) is 40.1 Å². The number of H-pyrrole nitrogens is 1. The Balaban J connectivity index is 2.41. The molecule has 0 saturated heterocycles. The summed E-state index contributed by atoms with van der Waals surface area (Å²) in [5.74, 6) is 5.97. The number of hydrogen-bond donors (Lipinski definition) is 2. The number of benzene rings is 1. The Morgan fingerprint density at radius 3 is 2.81 bits per heavy atom. The molecule has 0 saturated carbocycles. The van der Waals surface area contributed by atoms with E-state index in [0.29, 0.717) is 11.3 Å². The molecule has 0 aliphatic rings. The molecule has 0 fully saturated rings. The Morgan fingerprint density at radius 2 is 2.14 bits per heavy atom. The average Bonchev–Trinajstić information content (AvgIpc) is 2.48. The van der Waals surface area contributed by atoms with Gasteiger partial charge in [-0.2, -0.15) is 0 Å². The first-order valence-corrected chi connectivity index (χ1v) is 6.20. The summed E-state index contributed by atoms with van der Waals surface area (Å²) in [7, 11) is 1.54. The summed E-state index contributed by atoms with van der Waals surface area (Å²) in [6.45, 7) is 0.0220. The molecule has 1 aromatic heterocycles. The predicted octanol–water partition coefficient (Wildman–Crippen LogP) is -0.0627. The van der Waals surface area contributed by atoms with Gasteiger partial charge in [0.25, 0.3) is 5.56 Å². The van der Waals surface area contributed by atoms with Crippen molar-refractivity contribution in [2.45, 2.75) is 6.54 Å². The summed E-state index contributed by atoms with van der Waals surface area (Å²) in [6, 6.07) is 6.57. The molecule has 0 bridgehead atoms. The topological polar surface area (TPSA) is 84.3 Å². The lowest BCUT2D eigenvalue weighted by atomic mass is 10.1. The van der Waals surface area contributed by atoms with Crippen LogP contribution in [-0.4, -0.2) is 28.4 Å². The number of aliphatic hydroxyl groups excluding tert-OH is 1. The first-order chi connectivity index (χ1) is 10.1. The maximum absolute atomic E-state index is 11.7. The molecule has 0 atom stereocenters.